The Labute approximate surface area is 108 Å². The number of halogens is 1. The van der Waals surface area contributed by atoms with Gasteiger partial charge in [0.05, 0.1) is 7.11 Å². The fourth-order valence-corrected chi connectivity index (χ4v) is 2.19. The number of pyridine rings is 1. The zero-order chi connectivity index (χ0) is 12.4. The summed E-state index contributed by atoms with van der Waals surface area (Å²) >= 11 is 3.30. The molecule has 0 radical (unpaired) electrons. The van der Waals surface area contributed by atoms with Gasteiger partial charge in [0.15, 0.2) is 11.6 Å². The monoisotopic (exact) mass is 300 g/mol. The van der Waals surface area contributed by atoms with Gasteiger partial charge >= 0.3 is 0 Å². The minimum Gasteiger partial charge on any atom is -0.493 e. The van der Waals surface area contributed by atoms with E-state index in [1.165, 1.54) is 7.11 Å². The summed E-state index contributed by atoms with van der Waals surface area (Å²) < 4.78 is 6.00. The number of aliphatic hydroxyl groups is 1. The molecule has 1 aliphatic rings. The normalized spacial score (nSPS) is 19.8. The summed E-state index contributed by atoms with van der Waals surface area (Å²) in [7, 11) is 1.54. The van der Waals surface area contributed by atoms with Crippen molar-refractivity contribution in [2.24, 2.45) is 5.92 Å². The molecule has 1 atom stereocenters. The van der Waals surface area contributed by atoms with Crippen LogP contribution in [-0.4, -0.2) is 36.3 Å². The fourth-order valence-electron chi connectivity index (χ4n) is 1.87. The topological polar surface area (TPSA) is 62.7 Å². The molecule has 5 nitrogen and oxygen atoms in total. The molecule has 6 heteroatoms. The van der Waals surface area contributed by atoms with Crippen LogP contribution in [0.15, 0.2) is 16.7 Å². The molecule has 0 aromatic carbocycles. The smallest absolute Gasteiger partial charge is 0.228 e. The summed E-state index contributed by atoms with van der Waals surface area (Å²) in [5.74, 6) is 1.01. The molecule has 2 rings (SSSR count). The number of hydrogen-bond acceptors (Lipinski definition) is 4. The Bertz CT molecular complexity index is 439. The van der Waals surface area contributed by atoms with Crippen LogP contribution in [0.3, 0.4) is 0 Å². The first kappa shape index (κ1) is 12.3. The SMILES string of the molecule is COc1cc(Br)cnc1N1CC(CO)CC1=O. The van der Waals surface area contributed by atoms with Crippen molar-refractivity contribution in [2.45, 2.75) is 6.42 Å². The zero-order valence-electron chi connectivity index (χ0n) is 9.39. The van der Waals surface area contributed by atoms with E-state index in [-0.39, 0.29) is 18.4 Å². The van der Waals surface area contributed by atoms with Crippen LogP contribution in [0, 0.1) is 5.92 Å². The first-order valence-electron chi connectivity index (χ1n) is 5.26. The summed E-state index contributed by atoms with van der Waals surface area (Å²) in [6, 6.07) is 1.77. The molecule has 1 unspecified atom stereocenters. The van der Waals surface area contributed by atoms with E-state index in [0.717, 1.165) is 4.47 Å². The van der Waals surface area contributed by atoms with Crippen LogP contribution < -0.4 is 9.64 Å². The van der Waals surface area contributed by atoms with E-state index in [0.29, 0.717) is 24.5 Å². The van der Waals surface area contributed by atoms with Crippen molar-refractivity contribution in [1.82, 2.24) is 4.98 Å². The van der Waals surface area contributed by atoms with E-state index in [1.54, 1.807) is 17.2 Å². The Morgan fingerprint density at radius 3 is 3.06 bits per heavy atom. The van der Waals surface area contributed by atoms with E-state index < -0.39 is 0 Å². The summed E-state index contributed by atoms with van der Waals surface area (Å²) in [6.07, 6.45) is 1.98. The molecule has 2 heterocycles. The number of rotatable bonds is 3. The quantitative estimate of drug-likeness (QED) is 0.911. The molecule has 1 N–H and O–H groups in total. The Balaban J connectivity index is 2.31. The van der Waals surface area contributed by atoms with Crippen LogP contribution in [0.25, 0.3) is 0 Å². The van der Waals surface area contributed by atoms with Gasteiger partial charge in [-0.1, -0.05) is 0 Å². The molecule has 1 aliphatic heterocycles. The minimum absolute atomic E-state index is 0.0150. The number of anilines is 1. The minimum atomic E-state index is -0.0304. The second kappa shape index (κ2) is 5.01. The van der Waals surface area contributed by atoms with Gasteiger partial charge in [-0.2, -0.15) is 0 Å². The first-order valence-corrected chi connectivity index (χ1v) is 6.05. The Kier molecular flexibility index (Phi) is 3.63. The lowest BCUT2D eigenvalue weighted by Crippen LogP contribution is -2.26. The predicted octanol–water partition coefficient (Wildman–Crippen LogP) is 1.20. The lowest BCUT2D eigenvalue weighted by atomic mass is 10.1. The van der Waals surface area contributed by atoms with E-state index in [9.17, 15) is 4.79 Å². The van der Waals surface area contributed by atoms with Crippen molar-refractivity contribution in [3.63, 3.8) is 0 Å². The highest BCUT2D eigenvalue weighted by atomic mass is 79.9. The van der Waals surface area contributed by atoms with Gasteiger partial charge in [-0.05, 0) is 22.0 Å². The van der Waals surface area contributed by atoms with Crippen molar-refractivity contribution in [2.75, 3.05) is 25.2 Å². The highest BCUT2D eigenvalue weighted by molar-refractivity contribution is 9.10. The van der Waals surface area contributed by atoms with Crippen molar-refractivity contribution >= 4 is 27.7 Å². The van der Waals surface area contributed by atoms with Crippen molar-refractivity contribution in [1.29, 1.82) is 0 Å². The molecular weight excluding hydrogens is 288 g/mol. The number of carbonyl (C=O) groups excluding carboxylic acids is 1. The number of amides is 1. The number of hydrogen-bond donors (Lipinski definition) is 1. The Morgan fingerprint density at radius 1 is 1.71 bits per heavy atom. The molecule has 1 amide bonds. The third kappa shape index (κ3) is 2.42. The fraction of sp³-hybridized carbons (Fsp3) is 0.455. The van der Waals surface area contributed by atoms with Crippen LogP contribution in [0.2, 0.25) is 0 Å². The summed E-state index contributed by atoms with van der Waals surface area (Å²) in [5, 5.41) is 9.08. The molecule has 0 aliphatic carbocycles. The van der Waals surface area contributed by atoms with Gasteiger partial charge in [0.25, 0.3) is 0 Å². The van der Waals surface area contributed by atoms with Gasteiger partial charge in [0, 0.05) is 36.2 Å². The molecular formula is C11H13BrN2O3. The Hall–Kier alpha value is -1.14. The molecule has 17 heavy (non-hydrogen) atoms. The maximum atomic E-state index is 11.8. The number of ether oxygens (including phenoxy) is 1. The number of methoxy groups -OCH3 is 1. The third-order valence-corrected chi connectivity index (χ3v) is 3.17. The maximum absolute atomic E-state index is 11.8. The van der Waals surface area contributed by atoms with Crippen LogP contribution in [0.4, 0.5) is 5.82 Å². The van der Waals surface area contributed by atoms with Gasteiger partial charge in [0.2, 0.25) is 5.91 Å². The van der Waals surface area contributed by atoms with Gasteiger partial charge in [-0.25, -0.2) is 4.98 Å². The number of aliphatic hydroxyl groups excluding tert-OH is 1. The second-order valence-corrected chi connectivity index (χ2v) is 4.85. The molecule has 0 spiro atoms. The van der Waals surface area contributed by atoms with Crippen molar-refractivity contribution in [3.8, 4) is 5.75 Å². The Morgan fingerprint density at radius 2 is 2.47 bits per heavy atom. The lowest BCUT2D eigenvalue weighted by molar-refractivity contribution is -0.117. The summed E-state index contributed by atoms with van der Waals surface area (Å²) in [6.45, 7) is 0.501. The van der Waals surface area contributed by atoms with Crippen LogP contribution in [0.5, 0.6) is 5.75 Å². The van der Waals surface area contributed by atoms with Gasteiger partial charge in [-0.3, -0.25) is 9.69 Å². The summed E-state index contributed by atoms with van der Waals surface area (Å²) in [5.41, 5.74) is 0. The van der Waals surface area contributed by atoms with Crippen LogP contribution >= 0.6 is 15.9 Å². The van der Waals surface area contributed by atoms with E-state index in [1.807, 2.05) is 0 Å². The predicted molar refractivity (Wildman–Crippen MR) is 66.0 cm³/mol. The van der Waals surface area contributed by atoms with Gasteiger partial charge in [-0.15, -0.1) is 0 Å². The molecule has 1 saturated heterocycles. The number of nitrogens with zero attached hydrogens (tertiary/aromatic N) is 2. The largest absolute Gasteiger partial charge is 0.493 e. The van der Waals surface area contributed by atoms with E-state index in [4.69, 9.17) is 9.84 Å². The number of carbonyl (C=O) groups is 1. The lowest BCUT2D eigenvalue weighted by Gasteiger charge is -2.18. The maximum Gasteiger partial charge on any atom is 0.228 e. The highest BCUT2D eigenvalue weighted by Gasteiger charge is 2.32. The molecule has 92 valence electrons. The molecule has 0 saturated carbocycles. The first-order chi connectivity index (χ1) is 8.15. The third-order valence-electron chi connectivity index (χ3n) is 2.74. The number of aromatic nitrogens is 1. The van der Waals surface area contributed by atoms with Crippen LogP contribution in [-0.2, 0) is 4.79 Å². The highest BCUT2D eigenvalue weighted by Crippen LogP contribution is 2.32. The van der Waals surface area contributed by atoms with E-state index in [2.05, 4.69) is 20.9 Å². The average Bonchev–Trinajstić information content (AvgIpc) is 2.70. The second-order valence-electron chi connectivity index (χ2n) is 3.94. The zero-order valence-corrected chi connectivity index (χ0v) is 11.0. The van der Waals surface area contributed by atoms with Crippen molar-refractivity contribution < 1.29 is 14.6 Å². The standard InChI is InChI=1S/C11H13BrN2O3/c1-17-9-3-8(12)4-13-11(9)14-5-7(6-15)2-10(14)16/h3-4,7,15H,2,5-6H2,1H3. The van der Waals surface area contributed by atoms with Crippen molar-refractivity contribution in [3.05, 3.63) is 16.7 Å². The molecule has 1 fully saturated rings. The van der Waals surface area contributed by atoms with E-state index >= 15 is 0 Å². The van der Waals surface area contributed by atoms with Gasteiger partial charge in [0.1, 0.15) is 0 Å². The van der Waals surface area contributed by atoms with Crippen LogP contribution in [0.1, 0.15) is 6.42 Å². The average molecular weight is 301 g/mol. The molecule has 1 aromatic heterocycles. The molecule has 0 bridgehead atoms. The summed E-state index contributed by atoms with van der Waals surface area (Å²) in [4.78, 5) is 17.6. The van der Waals surface area contributed by atoms with Gasteiger partial charge < -0.3 is 9.84 Å². The molecule has 1 aromatic rings.